The Morgan fingerprint density at radius 2 is 1.50 bits per heavy atom. The number of anilines is 2. The van der Waals surface area contributed by atoms with E-state index in [4.69, 9.17) is 23.8 Å². The summed E-state index contributed by atoms with van der Waals surface area (Å²) < 4.78 is 0. The Morgan fingerprint density at radius 3 is 2.23 bits per heavy atom. The Morgan fingerprint density at radius 1 is 0.833 bits per heavy atom. The van der Waals surface area contributed by atoms with E-state index in [0.29, 0.717) is 22.0 Å². The molecular formula is C23H18ClN3O2S. The van der Waals surface area contributed by atoms with Crippen LogP contribution in [0.5, 0.6) is 0 Å². The predicted molar refractivity (Wildman–Crippen MR) is 126 cm³/mol. The number of carbonyl (C=O) groups excluding carboxylic acids is 2. The summed E-state index contributed by atoms with van der Waals surface area (Å²) >= 11 is 11.2. The van der Waals surface area contributed by atoms with Gasteiger partial charge in [-0.1, -0.05) is 54.1 Å². The molecule has 0 aliphatic heterocycles. The van der Waals surface area contributed by atoms with Gasteiger partial charge in [0.25, 0.3) is 5.91 Å². The number of hydrogen-bond acceptors (Lipinski definition) is 3. The molecule has 0 aliphatic carbocycles. The summed E-state index contributed by atoms with van der Waals surface area (Å²) in [5, 5.41) is 9.00. The lowest BCUT2D eigenvalue weighted by molar-refractivity contribution is -0.115. The van der Waals surface area contributed by atoms with Gasteiger partial charge in [0, 0.05) is 28.0 Å². The molecular weight excluding hydrogens is 418 g/mol. The number of amides is 2. The number of benzene rings is 3. The maximum atomic E-state index is 12.3. The van der Waals surface area contributed by atoms with E-state index in [1.807, 2.05) is 18.2 Å². The lowest BCUT2D eigenvalue weighted by Crippen LogP contribution is -2.32. The maximum Gasteiger partial charge on any atom is 0.255 e. The van der Waals surface area contributed by atoms with Crippen LogP contribution in [-0.4, -0.2) is 16.9 Å². The summed E-state index contributed by atoms with van der Waals surface area (Å²) in [6.45, 7) is 0. The fourth-order valence-corrected chi connectivity index (χ4v) is 2.98. The van der Waals surface area contributed by atoms with Crippen LogP contribution in [0, 0.1) is 0 Å². The van der Waals surface area contributed by atoms with E-state index in [1.165, 1.54) is 6.08 Å². The minimum atomic E-state index is -0.388. The number of hydrogen-bond donors (Lipinski definition) is 3. The summed E-state index contributed by atoms with van der Waals surface area (Å²) in [5.74, 6) is -0.603. The van der Waals surface area contributed by atoms with Crippen LogP contribution < -0.4 is 16.0 Å². The van der Waals surface area contributed by atoms with Crippen molar-refractivity contribution in [2.24, 2.45) is 0 Å². The Kier molecular flexibility index (Phi) is 7.32. The van der Waals surface area contributed by atoms with Crippen molar-refractivity contribution >= 4 is 58.2 Å². The van der Waals surface area contributed by atoms with Crippen molar-refractivity contribution in [1.82, 2.24) is 5.32 Å². The highest BCUT2D eigenvalue weighted by molar-refractivity contribution is 7.80. The molecule has 0 aromatic heterocycles. The van der Waals surface area contributed by atoms with Gasteiger partial charge in [-0.05, 0) is 60.3 Å². The van der Waals surface area contributed by atoms with Crippen molar-refractivity contribution in [3.63, 3.8) is 0 Å². The first-order valence-electron chi connectivity index (χ1n) is 9.02. The molecule has 0 radical (unpaired) electrons. The average Bonchev–Trinajstić information content (AvgIpc) is 2.74. The first kappa shape index (κ1) is 21.2. The highest BCUT2D eigenvalue weighted by Crippen LogP contribution is 2.17. The van der Waals surface area contributed by atoms with E-state index in [0.717, 1.165) is 5.56 Å². The van der Waals surface area contributed by atoms with Gasteiger partial charge in [-0.15, -0.1) is 0 Å². The molecule has 0 bridgehead atoms. The Hall–Kier alpha value is -3.48. The van der Waals surface area contributed by atoms with E-state index in [9.17, 15) is 9.59 Å². The monoisotopic (exact) mass is 435 g/mol. The van der Waals surface area contributed by atoms with Crippen molar-refractivity contribution in [1.29, 1.82) is 0 Å². The van der Waals surface area contributed by atoms with E-state index in [-0.39, 0.29) is 16.9 Å². The zero-order valence-corrected chi connectivity index (χ0v) is 17.3. The van der Waals surface area contributed by atoms with E-state index in [1.54, 1.807) is 66.7 Å². The van der Waals surface area contributed by atoms with Crippen molar-refractivity contribution in [3.8, 4) is 0 Å². The molecule has 0 aliphatic rings. The van der Waals surface area contributed by atoms with Crippen LogP contribution in [-0.2, 0) is 4.79 Å². The first-order valence-corrected chi connectivity index (χ1v) is 9.81. The molecule has 0 fully saturated rings. The molecule has 0 spiro atoms. The topological polar surface area (TPSA) is 70.2 Å². The second-order valence-electron chi connectivity index (χ2n) is 6.20. The van der Waals surface area contributed by atoms with Crippen molar-refractivity contribution < 1.29 is 9.59 Å². The SMILES string of the molecule is O=C(/C=C/c1ccccc1Cl)NC(=S)Nc1cccc(NC(=O)c2ccccc2)c1. The van der Waals surface area contributed by atoms with Gasteiger partial charge in [-0.25, -0.2) is 0 Å². The summed E-state index contributed by atoms with van der Waals surface area (Å²) in [6.07, 6.45) is 2.96. The van der Waals surface area contributed by atoms with E-state index in [2.05, 4.69) is 16.0 Å². The van der Waals surface area contributed by atoms with Crippen LogP contribution in [0.1, 0.15) is 15.9 Å². The molecule has 7 heteroatoms. The molecule has 0 atom stereocenters. The lowest BCUT2D eigenvalue weighted by atomic mass is 10.2. The van der Waals surface area contributed by atoms with Crippen LogP contribution in [0.15, 0.2) is 84.9 Å². The van der Waals surface area contributed by atoms with Crippen molar-refractivity contribution in [3.05, 3.63) is 101 Å². The second kappa shape index (κ2) is 10.3. The summed E-state index contributed by atoms with van der Waals surface area (Å²) in [6, 6.07) is 23.1. The van der Waals surface area contributed by atoms with Gasteiger partial charge in [0.15, 0.2) is 5.11 Å². The average molecular weight is 436 g/mol. The molecule has 0 saturated heterocycles. The zero-order chi connectivity index (χ0) is 21.3. The number of rotatable bonds is 5. The predicted octanol–water partition coefficient (Wildman–Crippen LogP) is 5.12. The quantitative estimate of drug-likeness (QED) is 0.384. The highest BCUT2D eigenvalue weighted by Gasteiger charge is 2.07. The van der Waals surface area contributed by atoms with Crippen LogP contribution in [0.3, 0.4) is 0 Å². The Labute approximate surface area is 184 Å². The summed E-state index contributed by atoms with van der Waals surface area (Å²) in [7, 11) is 0. The maximum absolute atomic E-state index is 12.3. The molecule has 3 N–H and O–H groups in total. The highest BCUT2D eigenvalue weighted by atomic mass is 35.5. The summed E-state index contributed by atoms with van der Waals surface area (Å²) in [5.41, 5.74) is 2.52. The standard InChI is InChI=1S/C23H18ClN3O2S/c24-20-12-5-4-7-16(20)13-14-21(28)27-23(30)26-19-11-6-10-18(15-19)25-22(29)17-8-2-1-3-9-17/h1-15H,(H,25,29)(H2,26,27,28,30)/b14-13+. The molecule has 3 aromatic carbocycles. The van der Waals surface area contributed by atoms with Crippen LogP contribution in [0.2, 0.25) is 5.02 Å². The molecule has 0 unspecified atom stereocenters. The Balaban J connectivity index is 1.56. The van der Waals surface area contributed by atoms with Crippen molar-refractivity contribution in [2.45, 2.75) is 0 Å². The minimum Gasteiger partial charge on any atom is -0.332 e. The van der Waals surface area contributed by atoms with E-state index < -0.39 is 0 Å². The van der Waals surface area contributed by atoms with Crippen LogP contribution in [0.25, 0.3) is 6.08 Å². The molecule has 2 amide bonds. The van der Waals surface area contributed by atoms with E-state index >= 15 is 0 Å². The van der Waals surface area contributed by atoms with Gasteiger partial charge >= 0.3 is 0 Å². The molecule has 0 saturated carbocycles. The molecule has 5 nitrogen and oxygen atoms in total. The molecule has 3 rings (SSSR count). The second-order valence-corrected chi connectivity index (χ2v) is 7.01. The Bertz CT molecular complexity index is 1100. The largest absolute Gasteiger partial charge is 0.332 e. The molecule has 30 heavy (non-hydrogen) atoms. The smallest absolute Gasteiger partial charge is 0.255 e. The van der Waals surface area contributed by atoms with Gasteiger partial charge in [0.1, 0.15) is 0 Å². The number of halogens is 1. The lowest BCUT2D eigenvalue weighted by Gasteiger charge is -2.10. The zero-order valence-electron chi connectivity index (χ0n) is 15.8. The normalized spacial score (nSPS) is 10.4. The van der Waals surface area contributed by atoms with Gasteiger partial charge in [0.05, 0.1) is 0 Å². The van der Waals surface area contributed by atoms with Gasteiger partial charge < -0.3 is 10.6 Å². The minimum absolute atomic E-state index is 0.135. The van der Waals surface area contributed by atoms with Gasteiger partial charge in [-0.2, -0.15) is 0 Å². The molecule has 0 heterocycles. The van der Waals surface area contributed by atoms with Gasteiger partial charge in [-0.3, -0.25) is 14.9 Å². The third kappa shape index (κ3) is 6.27. The number of nitrogens with one attached hydrogen (secondary N) is 3. The van der Waals surface area contributed by atoms with Crippen LogP contribution >= 0.6 is 23.8 Å². The third-order valence-corrected chi connectivity index (χ3v) is 4.52. The van der Waals surface area contributed by atoms with Crippen molar-refractivity contribution in [2.75, 3.05) is 10.6 Å². The molecule has 3 aromatic rings. The fraction of sp³-hybridized carbons (Fsp3) is 0. The number of thiocarbonyl (C=S) groups is 1. The first-order chi connectivity index (χ1) is 14.5. The number of carbonyl (C=O) groups is 2. The molecule has 150 valence electrons. The van der Waals surface area contributed by atoms with Crippen LogP contribution in [0.4, 0.5) is 11.4 Å². The summed E-state index contributed by atoms with van der Waals surface area (Å²) in [4.78, 5) is 24.3. The van der Waals surface area contributed by atoms with Gasteiger partial charge in [0.2, 0.25) is 5.91 Å². The fourth-order valence-electron chi connectivity index (χ4n) is 2.56. The third-order valence-electron chi connectivity index (χ3n) is 3.97.